The number of hydrogen-bond donors (Lipinski definition) is 1. The Bertz CT molecular complexity index is 652. The van der Waals surface area contributed by atoms with E-state index in [9.17, 15) is 19.1 Å². The molecule has 0 radical (unpaired) electrons. The molecule has 0 bridgehead atoms. The van der Waals surface area contributed by atoms with Crippen LogP contribution in [-0.2, 0) is 9.59 Å². The number of anilines is 2. The number of fused-ring (bicyclic) bond motifs is 1. The molecule has 2 aliphatic heterocycles. The number of carbonyl (C=O) groups excluding carboxylic acids is 2. The summed E-state index contributed by atoms with van der Waals surface area (Å²) in [5.41, 5.74) is 1.31. The minimum absolute atomic E-state index is 0.0591. The number of halogens is 1. The number of carbonyl (C=O) groups is 2. The Hall–Kier alpha value is -2.15. The van der Waals surface area contributed by atoms with Crippen molar-refractivity contribution in [1.82, 2.24) is 4.90 Å². The van der Waals surface area contributed by atoms with Crippen LogP contribution in [0.3, 0.4) is 0 Å². The van der Waals surface area contributed by atoms with Gasteiger partial charge in [0.15, 0.2) is 0 Å². The molecule has 1 N–H and O–H groups in total. The fourth-order valence-corrected chi connectivity index (χ4v) is 3.27. The lowest BCUT2D eigenvalue weighted by Crippen LogP contribution is -2.49. The highest BCUT2D eigenvalue weighted by Crippen LogP contribution is 2.33. The van der Waals surface area contributed by atoms with E-state index in [-0.39, 0.29) is 24.2 Å². The molecule has 7 heteroatoms. The fraction of sp³-hybridized carbons (Fsp3) is 0.529. The smallest absolute Gasteiger partial charge is 0.251 e. The van der Waals surface area contributed by atoms with Gasteiger partial charge in [0, 0.05) is 26.7 Å². The first kappa shape index (κ1) is 16.7. The predicted molar refractivity (Wildman–Crippen MR) is 88.5 cm³/mol. The van der Waals surface area contributed by atoms with Gasteiger partial charge in [-0.3, -0.25) is 9.59 Å². The molecule has 130 valence electrons. The first-order chi connectivity index (χ1) is 11.5. The van der Waals surface area contributed by atoms with Gasteiger partial charge >= 0.3 is 0 Å². The zero-order chi connectivity index (χ0) is 17.3. The summed E-state index contributed by atoms with van der Waals surface area (Å²) in [6.45, 7) is 1.50. The highest BCUT2D eigenvalue weighted by atomic mass is 19.1. The van der Waals surface area contributed by atoms with Gasteiger partial charge in [0.1, 0.15) is 18.5 Å². The quantitative estimate of drug-likeness (QED) is 0.875. The van der Waals surface area contributed by atoms with E-state index in [4.69, 9.17) is 0 Å². The summed E-state index contributed by atoms with van der Waals surface area (Å²) in [7, 11) is 1.86. The first-order valence-electron chi connectivity index (χ1n) is 8.25. The average Bonchev–Trinajstić information content (AvgIpc) is 2.71. The number of aliphatic hydroxyl groups excluding tert-OH is 1. The second kappa shape index (κ2) is 6.76. The monoisotopic (exact) mass is 335 g/mol. The number of likely N-dealkylation sites (N-methyl/N-ethyl adjacent to an activating group) is 1. The van der Waals surface area contributed by atoms with Gasteiger partial charge in [0.2, 0.25) is 5.91 Å². The molecule has 1 atom stereocenters. The van der Waals surface area contributed by atoms with Crippen LogP contribution in [0.4, 0.5) is 15.8 Å². The average molecular weight is 335 g/mol. The predicted octanol–water partition coefficient (Wildman–Crippen LogP) is 0.982. The first-order valence-corrected chi connectivity index (χ1v) is 8.25. The van der Waals surface area contributed by atoms with Crippen molar-refractivity contribution in [3.05, 3.63) is 24.0 Å². The van der Waals surface area contributed by atoms with Crippen LogP contribution in [0.25, 0.3) is 0 Å². The lowest BCUT2D eigenvalue weighted by molar-refractivity contribution is -0.142. The number of benzene rings is 1. The maximum Gasteiger partial charge on any atom is 0.251 e. The number of hydrogen-bond acceptors (Lipinski definition) is 4. The third-order valence-electron chi connectivity index (χ3n) is 4.68. The molecule has 0 spiro atoms. The van der Waals surface area contributed by atoms with Gasteiger partial charge in [0.25, 0.3) is 5.91 Å². The number of aliphatic hydroxyl groups is 1. The summed E-state index contributed by atoms with van der Waals surface area (Å²) in [5.74, 6) is -0.937. The largest absolute Gasteiger partial charge is 0.383 e. The normalized spacial score (nSPS) is 21.5. The van der Waals surface area contributed by atoms with E-state index in [0.717, 1.165) is 12.8 Å². The maximum atomic E-state index is 13.5. The molecule has 0 saturated carbocycles. The summed E-state index contributed by atoms with van der Waals surface area (Å²) in [5, 5.41) is 9.81. The van der Waals surface area contributed by atoms with Gasteiger partial charge < -0.3 is 19.8 Å². The molecular formula is C17H22FN3O3. The standard InChI is InChI=1S/C17H22FN3O3/c1-19-8-9-21(13-6-5-12(18)10-14(13)19)16(23)11-20-7-3-2-4-15(22)17(20)24/h5-6,10,15,22H,2-4,7-9,11H2,1H3. The van der Waals surface area contributed by atoms with Crippen molar-refractivity contribution in [3.63, 3.8) is 0 Å². The van der Waals surface area contributed by atoms with E-state index < -0.39 is 6.10 Å². The van der Waals surface area contributed by atoms with Crippen LogP contribution < -0.4 is 9.80 Å². The Labute approximate surface area is 140 Å². The van der Waals surface area contributed by atoms with Crippen molar-refractivity contribution in [1.29, 1.82) is 0 Å². The van der Waals surface area contributed by atoms with E-state index in [1.54, 1.807) is 11.0 Å². The number of rotatable bonds is 2. The van der Waals surface area contributed by atoms with Crippen molar-refractivity contribution < 1.29 is 19.1 Å². The number of amides is 2. The minimum Gasteiger partial charge on any atom is -0.383 e. The fourth-order valence-electron chi connectivity index (χ4n) is 3.27. The van der Waals surface area contributed by atoms with Crippen LogP contribution in [0.2, 0.25) is 0 Å². The van der Waals surface area contributed by atoms with E-state index >= 15 is 0 Å². The third kappa shape index (κ3) is 3.21. The van der Waals surface area contributed by atoms with Crippen LogP contribution in [0.15, 0.2) is 18.2 Å². The van der Waals surface area contributed by atoms with Gasteiger partial charge in [0.05, 0.1) is 11.4 Å². The zero-order valence-electron chi connectivity index (χ0n) is 13.7. The van der Waals surface area contributed by atoms with Crippen molar-refractivity contribution in [2.45, 2.75) is 25.4 Å². The lowest BCUT2D eigenvalue weighted by atomic mass is 10.1. The van der Waals surface area contributed by atoms with E-state index in [0.29, 0.717) is 37.4 Å². The van der Waals surface area contributed by atoms with E-state index in [1.807, 2.05) is 11.9 Å². The Kier molecular flexibility index (Phi) is 4.71. The molecule has 1 fully saturated rings. The van der Waals surface area contributed by atoms with Crippen LogP contribution >= 0.6 is 0 Å². The van der Waals surface area contributed by atoms with Crippen LogP contribution in [0, 0.1) is 5.82 Å². The molecule has 2 amide bonds. The van der Waals surface area contributed by atoms with Crippen LogP contribution in [0.5, 0.6) is 0 Å². The Balaban J connectivity index is 1.78. The molecule has 0 aromatic heterocycles. The molecule has 1 aromatic rings. The summed E-state index contributed by atoms with van der Waals surface area (Å²) < 4.78 is 13.5. The molecule has 1 saturated heterocycles. The SMILES string of the molecule is CN1CCN(C(=O)CN2CCCCC(O)C2=O)c2ccc(F)cc21. The van der Waals surface area contributed by atoms with Gasteiger partial charge in [-0.25, -0.2) is 4.39 Å². The van der Waals surface area contributed by atoms with E-state index in [1.165, 1.54) is 17.0 Å². The lowest BCUT2D eigenvalue weighted by Gasteiger charge is -2.36. The van der Waals surface area contributed by atoms with Gasteiger partial charge in [-0.15, -0.1) is 0 Å². The van der Waals surface area contributed by atoms with Gasteiger partial charge in [-0.1, -0.05) is 0 Å². The number of likely N-dealkylation sites (tertiary alicyclic amines) is 1. The summed E-state index contributed by atoms with van der Waals surface area (Å²) >= 11 is 0. The summed E-state index contributed by atoms with van der Waals surface area (Å²) in [6.07, 6.45) is 0.976. The Morgan fingerprint density at radius 1 is 1.25 bits per heavy atom. The molecular weight excluding hydrogens is 313 g/mol. The highest BCUT2D eigenvalue weighted by molar-refractivity contribution is 6.00. The van der Waals surface area contributed by atoms with Crippen molar-refractivity contribution in [3.8, 4) is 0 Å². The van der Waals surface area contributed by atoms with Crippen LogP contribution in [0.1, 0.15) is 19.3 Å². The molecule has 1 unspecified atom stereocenters. The topological polar surface area (TPSA) is 64.1 Å². The minimum atomic E-state index is -1.02. The summed E-state index contributed by atoms with van der Waals surface area (Å²) in [4.78, 5) is 29.8. The Morgan fingerprint density at radius 2 is 2.04 bits per heavy atom. The molecule has 3 rings (SSSR count). The third-order valence-corrected chi connectivity index (χ3v) is 4.68. The van der Waals surface area contributed by atoms with Gasteiger partial charge in [-0.2, -0.15) is 0 Å². The molecule has 0 aliphatic carbocycles. The Morgan fingerprint density at radius 3 is 2.83 bits per heavy atom. The van der Waals surface area contributed by atoms with Crippen molar-refractivity contribution in [2.24, 2.45) is 0 Å². The summed E-state index contributed by atoms with van der Waals surface area (Å²) in [6, 6.07) is 4.34. The van der Waals surface area contributed by atoms with Crippen LogP contribution in [-0.4, -0.2) is 61.2 Å². The molecule has 2 aliphatic rings. The molecule has 6 nitrogen and oxygen atoms in total. The molecule has 24 heavy (non-hydrogen) atoms. The van der Waals surface area contributed by atoms with Crippen molar-refractivity contribution >= 4 is 23.2 Å². The van der Waals surface area contributed by atoms with Gasteiger partial charge in [-0.05, 0) is 37.5 Å². The second-order valence-corrected chi connectivity index (χ2v) is 6.37. The highest BCUT2D eigenvalue weighted by Gasteiger charge is 2.30. The second-order valence-electron chi connectivity index (χ2n) is 6.37. The maximum absolute atomic E-state index is 13.5. The number of nitrogens with zero attached hydrogens (tertiary/aromatic N) is 3. The van der Waals surface area contributed by atoms with E-state index in [2.05, 4.69) is 0 Å². The molecule has 2 heterocycles. The molecule has 1 aromatic carbocycles. The van der Waals surface area contributed by atoms with Crippen molar-refractivity contribution in [2.75, 3.05) is 43.0 Å². The zero-order valence-corrected chi connectivity index (χ0v) is 13.7.